The molecule has 0 amide bonds. The lowest BCUT2D eigenvalue weighted by Gasteiger charge is -2.30. The molecule has 5 nitrogen and oxygen atoms in total. The Morgan fingerprint density at radius 3 is 2.71 bits per heavy atom. The first-order valence-corrected chi connectivity index (χ1v) is 9.02. The second-order valence-electron chi connectivity index (χ2n) is 5.54. The van der Waals surface area contributed by atoms with Gasteiger partial charge in [-0.3, -0.25) is 0 Å². The molecule has 0 aliphatic heterocycles. The average molecular weight is 327 g/mol. The van der Waals surface area contributed by atoms with Crippen LogP contribution in [0.4, 0.5) is 5.69 Å². The van der Waals surface area contributed by atoms with E-state index in [4.69, 9.17) is 17.4 Å². The number of sulfonamides is 1. The van der Waals surface area contributed by atoms with Crippen LogP contribution >= 0.6 is 12.2 Å². The molecule has 1 saturated carbocycles. The van der Waals surface area contributed by atoms with Gasteiger partial charge in [-0.15, -0.1) is 0 Å². The number of nitrogens with two attached hydrogens (primary N) is 1. The van der Waals surface area contributed by atoms with Gasteiger partial charge in [0.05, 0.1) is 4.90 Å². The number of thiocarbonyl (C=S) groups is 1. The van der Waals surface area contributed by atoms with Crippen LogP contribution in [0.15, 0.2) is 29.2 Å². The molecular formula is C14H21N3O2S2. The molecule has 1 aliphatic rings. The highest BCUT2D eigenvalue weighted by Crippen LogP contribution is 2.24. The van der Waals surface area contributed by atoms with E-state index in [0.29, 0.717) is 22.8 Å². The highest BCUT2D eigenvalue weighted by molar-refractivity contribution is 7.89. The van der Waals surface area contributed by atoms with Crippen LogP contribution in [0.25, 0.3) is 0 Å². The van der Waals surface area contributed by atoms with E-state index in [-0.39, 0.29) is 4.90 Å². The normalized spacial score (nSPS) is 22.6. The molecule has 0 bridgehead atoms. The largest absolute Gasteiger partial charge is 0.359 e. The number of hydrogen-bond acceptors (Lipinski definition) is 3. The Labute approximate surface area is 131 Å². The maximum atomic E-state index is 11.3. The number of nitrogens with one attached hydrogen (secondary N) is 2. The average Bonchev–Trinajstić information content (AvgIpc) is 2.41. The van der Waals surface area contributed by atoms with Crippen molar-refractivity contribution < 1.29 is 8.42 Å². The fourth-order valence-corrected chi connectivity index (χ4v) is 3.45. The summed E-state index contributed by atoms with van der Waals surface area (Å²) in [5.74, 6) is 0.592. The van der Waals surface area contributed by atoms with E-state index in [1.54, 1.807) is 12.1 Å². The lowest BCUT2D eigenvalue weighted by molar-refractivity contribution is 0.309. The summed E-state index contributed by atoms with van der Waals surface area (Å²) in [6, 6.07) is 6.70. The maximum Gasteiger partial charge on any atom is 0.238 e. The fourth-order valence-electron chi connectivity index (χ4n) is 2.62. The van der Waals surface area contributed by atoms with Crippen molar-refractivity contribution in [3.8, 4) is 0 Å². The lowest BCUT2D eigenvalue weighted by Crippen LogP contribution is -2.43. The predicted octanol–water partition coefficient (Wildman–Crippen LogP) is 2.20. The Morgan fingerprint density at radius 1 is 1.33 bits per heavy atom. The zero-order chi connectivity index (χ0) is 15.5. The minimum absolute atomic E-state index is 0.0707. The Hall–Kier alpha value is -1.18. The second-order valence-corrected chi connectivity index (χ2v) is 7.51. The highest BCUT2D eigenvalue weighted by atomic mass is 32.2. The van der Waals surface area contributed by atoms with Crippen LogP contribution in [0.3, 0.4) is 0 Å². The molecule has 0 unspecified atom stereocenters. The first-order valence-electron chi connectivity index (χ1n) is 7.06. The first kappa shape index (κ1) is 16.2. The van der Waals surface area contributed by atoms with Crippen LogP contribution in [-0.2, 0) is 10.0 Å². The molecule has 2 atom stereocenters. The summed E-state index contributed by atoms with van der Waals surface area (Å²) >= 11 is 5.30. The van der Waals surface area contributed by atoms with Gasteiger partial charge in [-0.05, 0) is 49.2 Å². The van der Waals surface area contributed by atoms with E-state index in [9.17, 15) is 8.42 Å². The molecule has 0 radical (unpaired) electrons. The van der Waals surface area contributed by atoms with Gasteiger partial charge in [0, 0.05) is 11.7 Å². The van der Waals surface area contributed by atoms with Gasteiger partial charge in [0.1, 0.15) is 0 Å². The molecule has 116 valence electrons. The minimum atomic E-state index is -3.70. The minimum Gasteiger partial charge on any atom is -0.359 e. The molecule has 1 aromatic rings. The Balaban J connectivity index is 1.99. The van der Waals surface area contributed by atoms with Gasteiger partial charge >= 0.3 is 0 Å². The van der Waals surface area contributed by atoms with Gasteiger partial charge < -0.3 is 10.6 Å². The molecule has 0 aromatic heterocycles. The smallest absolute Gasteiger partial charge is 0.238 e. The van der Waals surface area contributed by atoms with Crippen LogP contribution in [0, 0.1) is 5.92 Å². The molecule has 0 heterocycles. The summed E-state index contributed by atoms with van der Waals surface area (Å²) < 4.78 is 22.7. The second kappa shape index (κ2) is 6.72. The molecule has 21 heavy (non-hydrogen) atoms. The molecular weight excluding hydrogens is 306 g/mol. The van der Waals surface area contributed by atoms with Crippen molar-refractivity contribution >= 4 is 33.0 Å². The zero-order valence-corrected chi connectivity index (χ0v) is 13.6. The van der Waals surface area contributed by atoms with Gasteiger partial charge in [0.25, 0.3) is 0 Å². The SMILES string of the molecule is C[C@@H]1CCCC[C@H]1NC(=S)Nc1cccc(S(N)(=O)=O)c1. The van der Waals surface area contributed by atoms with E-state index in [2.05, 4.69) is 17.6 Å². The first-order chi connectivity index (χ1) is 9.86. The summed E-state index contributed by atoms with van der Waals surface area (Å²) in [5, 5.41) is 12.0. The van der Waals surface area contributed by atoms with Gasteiger partial charge in [-0.25, -0.2) is 13.6 Å². The summed E-state index contributed by atoms with van der Waals surface area (Å²) in [6.45, 7) is 2.22. The lowest BCUT2D eigenvalue weighted by atomic mass is 9.86. The third-order valence-corrected chi connectivity index (χ3v) is 4.98. The molecule has 7 heteroatoms. The number of rotatable bonds is 3. The summed E-state index contributed by atoms with van der Waals surface area (Å²) in [5.41, 5.74) is 0.613. The summed E-state index contributed by atoms with van der Waals surface area (Å²) in [7, 11) is -3.70. The van der Waals surface area contributed by atoms with Crippen LogP contribution in [0.2, 0.25) is 0 Å². The van der Waals surface area contributed by atoms with E-state index < -0.39 is 10.0 Å². The molecule has 0 spiro atoms. The monoisotopic (exact) mass is 327 g/mol. The maximum absolute atomic E-state index is 11.3. The topological polar surface area (TPSA) is 84.2 Å². The Bertz CT molecular complexity index is 616. The molecule has 0 saturated heterocycles. The van der Waals surface area contributed by atoms with Crippen LogP contribution in [0.5, 0.6) is 0 Å². The molecule has 1 aromatic carbocycles. The fraction of sp³-hybridized carbons (Fsp3) is 0.500. The standard InChI is InChI=1S/C14H21N3O2S2/c1-10-5-2-3-8-13(10)17-14(20)16-11-6-4-7-12(9-11)21(15,18)19/h4,6-7,9-10,13H,2-3,5,8H2,1H3,(H2,15,18,19)(H2,16,17,20)/t10-,13-/m1/s1. The van der Waals surface area contributed by atoms with Crippen molar-refractivity contribution in [2.75, 3.05) is 5.32 Å². The summed E-state index contributed by atoms with van der Waals surface area (Å²) in [4.78, 5) is 0.0707. The van der Waals surface area contributed by atoms with Crippen molar-refractivity contribution in [2.45, 2.75) is 43.5 Å². The van der Waals surface area contributed by atoms with Crippen molar-refractivity contribution in [1.29, 1.82) is 0 Å². The molecule has 1 fully saturated rings. The van der Waals surface area contributed by atoms with E-state index >= 15 is 0 Å². The Morgan fingerprint density at radius 2 is 2.05 bits per heavy atom. The van der Waals surface area contributed by atoms with Crippen LogP contribution in [0.1, 0.15) is 32.6 Å². The van der Waals surface area contributed by atoms with Gasteiger partial charge in [0.15, 0.2) is 5.11 Å². The quantitative estimate of drug-likeness (QED) is 0.741. The third kappa shape index (κ3) is 4.66. The van der Waals surface area contributed by atoms with E-state index in [1.165, 1.54) is 31.4 Å². The van der Waals surface area contributed by atoms with Crippen molar-refractivity contribution in [1.82, 2.24) is 5.32 Å². The van der Waals surface area contributed by atoms with Gasteiger partial charge in [0.2, 0.25) is 10.0 Å². The van der Waals surface area contributed by atoms with Crippen molar-refractivity contribution in [3.05, 3.63) is 24.3 Å². The number of hydrogen-bond donors (Lipinski definition) is 3. The molecule has 2 rings (SSSR count). The van der Waals surface area contributed by atoms with Crippen molar-refractivity contribution in [3.63, 3.8) is 0 Å². The highest BCUT2D eigenvalue weighted by Gasteiger charge is 2.21. The number of primary sulfonamides is 1. The van der Waals surface area contributed by atoms with E-state index in [1.807, 2.05) is 0 Å². The number of benzene rings is 1. The third-order valence-electron chi connectivity index (χ3n) is 3.85. The van der Waals surface area contributed by atoms with E-state index in [0.717, 1.165) is 6.42 Å². The van der Waals surface area contributed by atoms with Crippen LogP contribution in [-0.4, -0.2) is 19.6 Å². The predicted molar refractivity (Wildman–Crippen MR) is 88.6 cm³/mol. The summed E-state index contributed by atoms with van der Waals surface area (Å²) in [6.07, 6.45) is 4.81. The number of anilines is 1. The molecule has 4 N–H and O–H groups in total. The zero-order valence-electron chi connectivity index (χ0n) is 12.0. The van der Waals surface area contributed by atoms with Crippen molar-refractivity contribution in [2.24, 2.45) is 11.1 Å². The Kier molecular flexibility index (Phi) is 5.18. The molecule has 1 aliphatic carbocycles. The van der Waals surface area contributed by atoms with Gasteiger partial charge in [-0.1, -0.05) is 25.8 Å². The van der Waals surface area contributed by atoms with Gasteiger partial charge in [-0.2, -0.15) is 0 Å². The van der Waals surface area contributed by atoms with Crippen LogP contribution < -0.4 is 15.8 Å².